The third-order valence-electron chi connectivity index (χ3n) is 2.73. The molecule has 2 rings (SSSR count). The molecule has 0 fully saturated rings. The molecule has 0 unspecified atom stereocenters. The molecule has 0 aromatic heterocycles. The topological polar surface area (TPSA) is 63.2 Å². The van der Waals surface area contributed by atoms with Crippen LogP contribution in [0.15, 0.2) is 48.5 Å². The molecule has 1 amide bonds. The van der Waals surface area contributed by atoms with Gasteiger partial charge in [-0.15, -0.1) is 0 Å². The lowest BCUT2D eigenvalue weighted by molar-refractivity contribution is 0.102. The number of anilines is 1. The third-order valence-corrected chi connectivity index (χ3v) is 4.26. The second-order valence-corrected chi connectivity index (χ2v) is 8.12. The van der Waals surface area contributed by atoms with Crippen LogP contribution in [-0.4, -0.2) is 20.6 Å². The van der Waals surface area contributed by atoms with E-state index < -0.39 is 9.84 Å². The normalized spacial score (nSPS) is 11.1. The summed E-state index contributed by atoms with van der Waals surface area (Å²) in [4.78, 5) is 12.1. The van der Waals surface area contributed by atoms with Crippen molar-refractivity contribution < 1.29 is 13.2 Å². The van der Waals surface area contributed by atoms with Crippen molar-refractivity contribution in [1.82, 2.24) is 0 Å². The van der Waals surface area contributed by atoms with Crippen molar-refractivity contribution in [3.05, 3.63) is 63.2 Å². The van der Waals surface area contributed by atoms with Crippen LogP contribution >= 0.6 is 22.6 Å². The Labute approximate surface area is 137 Å². The summed E-state index contributed by atoms with van der Waals surface area (Å²) in [6.07, 6.45) is 1.19. The minimum absolute atomic E-state index is 0.0220. The molecule has 0 bridgehead atoms. The van der Waals surface area contributed by atoms with E-state index in [-0.39, 0.29) is 11.7 Å². The van der Waals surface area contributed by atoms with Gasteiger partial charge < -0.3 is 5.32 Å². The Morgan fingerprint density at radius 3 is 2.38 bits per heavy atom. The fourth-order valence-electron chi connectivity index (χ4n) is 1.82. The third kappa shape index (κ3) is 5.13. The zero-order valence-corrected chi connectivity index (χ0v) is 14.3. The lowest BCUT2D eigenvalue weighted by Crippen LogP contribution is -2.12. The average molecular weight is 415 g/mol. The summed E-state index contributed by atoms with van der Waals surface area (Å²) >= 11 is 2.18. The summed E-state index contributed by atoms with van der Waals surface area (Å²) < 4.78 is 23.5. The highest BCUT2D eigenvalue weighted by Gasteiger charge is 2.08. The Morgan fingerprint density at radius 1 is 1.14 bits per heavy atom. The van der Waals surface area contributed by atoms with Crippen LogP contribution in [0, 0.1) is 3.57 Å². The van der Waals surface area contributed by atoms with E-state index in [4.69, 9.17) is 0 Å². The van der Waals surface area contributed by atoms with Crippen LogP contribution < -0.4 is 5.32 Å². The second kappa shape index (κ2) is 6.57. The molecule has 0 heterocycles. The van der Waals surface area contributed by atoms with Crippen LogP contribution in [0.4, 0.5) is 5.69 Å². The van der Waals surface area contributed by atoms with Crippen molar-refractivity contribution in [3.8, 4) is 0 Å². The maximum Gasteiger partial charge on any atom is 0.255 e. The number of carbonyl (C=O) groups is 1. The molecule has 0 radical (unpaired) electrons. The maximum absolute atomic E-state index is 12.1. The number of hydrogen-bond donors (Lipinski definition) is 1. The molecule has 1 N–H and O–H groups in total. The number of hydrogen-bond acceptors (Lipinski definition) is 3. The summed E-state index contributed by atoms with van der Waals surface area (Å²) in [7, 11) is -3.06. The highest BCUT2D eigenvalue weighted by molar-refractivity contribution is 14.1. The first kappa shape index (κ1) is 16.0. The van der Waals surface area contributed by atoms with Crippen molar-refractivity contribution in [2.45, 2.75) is 5.75 Å². The molecule has 0 saturated carbocycles. The van der Waals surface area contributed by atoms with Gasteiger partial charge in [-0.25, -0.2) is 8.42 Å². The van der Waals surface area contributed by atoms with Gasteiger partial charge in [-0.1, -0.05) is 18.2 Å². The summed E-state index contributed by atoms with van der Waals surface area (Å²) in [5.74, 6) is -0.242. The van der Waals surface area contributed by atoms with Crippen LogP contribution in [-0.2, 0) is 15.6 Å². The summed E-state index contributed by atoms with van der Waals surface area (Å²) in [6, 6.07) is 14.1. The Bertz CT molecular complexity index is 755. The van der Waals surface area contributed by atoms with Gasteiger partial charge in [0.05, 0.1) is 5.75 Å². The van der Waals surface area contributed by atoms with E-state index in [1.165, 1.54) is 6.26 Å². The zero-order chi connectivity index (χ0) is 15.5. The number of halogens is 1. The molecule has 4 nitrogen and oxygen atoms in total. The largest absolute Gasteiger partial charge is 0.322 e. The van der Waals surface area contributed by atoms with E-state index in [1.54, 1.807) is 24.3 Å². The Kier molecular flexibility index (Phi) is 5.00. The van der Waals surface area contributed by atoms with Gasteiger partial charge in [-0.3, -0.25) is 4.79 Å². The van der Waals surface area contributed by atoms with Crippen molar-refractivity contribution >= 4 is 44.0 Å². The quantitative estimate of drug-likeness (QED) is 0.781. The highest BCUT2D eigenvalue weighted by Crippen LogP contribution is 2.14. The molecule has 0 aliphatic heterocycles. The van der Waals surface area contributed by atoms with Gasteiger partial charge in [0.25, 0.3) is 5.91 Å². The fourth-order valence-corrected chi connectivity index (χ4v) is 3.17. The standard InChI is InChI=1S/C15H14INO3S/c1-21(19,20)10-11-5-7-12(8-6-11)15(18)17-14-4-2-3-13(16)9-14/h2-9H,10H2,1H3,(H,17,18). The number of carbonyl (C=O) groups excluding carboxylic acids is 1. The molecule has 0 saturated heterocycles. The van der Waals surface area contributed by atoms with Crippen LogP contribution in [0.5, 0.6) is 0 Å². The van der Waals surface area contributed by atoms with E-state index in [9.17, 15) is 13.2 Å². The predicted octanol–water partition coefficient (Wildman–Crippen LogP) is 3.09. The number of benzene rings is 2. The molecule has 0 atom stereocenters. The first-order valence-electron chi connectivity index (χ1n) is 6.17. The van der Waals surface area contributed by atoms with E-state index in [0.717, 1.165) is 9.26 Å². The van der Waals surface area contributed by atoms with Gasteiger partial charge in [0.2, 0.25) is 0 Å². The van der Waals surface area contributed by atoms with E-state index in [1.807, 2.05) is 24.3 Å². The van der Waals surface area contributed by atoms with Gasteiger partial charge in [-0.05, 0) is 58.5 Å². The first-order chi connectivity index (χ1) is 9.83. The van der Waals surface area contributed by atoms with Crippen LogP contribution in [0.1, 0.15) is 15.9 Å². The molecule has 110 valence electrons. The van der Waals surface area contributed by atoms with Gasteiger partial charge >= 0.3 is 0 Å². The van der Waals surface area contributed by atoms with Gasteiger partial charge in [-0.2, -0.15) is 0 Å². The molecule has 6 heteroatoms. The Morgan fingerprint density at radius 2 is 1.81 bits per heavy atom. The smallest absolute Gasteiger partial charge is 0.255 e. The van der Waals surface area contributed by atoms with Crippen molar-refractivity contribution in [2.75, 3.05) is 11.6 Å². The lowest BCUT2D eigenvalue weighted by atomic mass is 10.1. The maximum atomic E-state index is 12.1. The van der Waals surface area contributed by atoms with E-state index >= 15 is 0 Å². The van der Waals surface area contributed by atoms with Crippen molar-refractivity contribution in [1.29, 1.82) is 0 Å². The average Bonchev–Trinajstić information content (AvgIpc) is 2.37. The van der Waals surface area contributed by atoms with Crippen LogP contribution in [0.3, 0.4) is 0 Å². The monoisotopic (exact) mass is 415 g/mol. The molecule has 0 aliphatic carbocycles. The van der Waals surface area contributed by atoms with E-state index in [2.05, 4.69) is 27.9 Å². The SMILES string of the molecule is CS(=O)(=O)Cc1ccc(C(=O)Nc2cccc(I)c2)cc1. The number of amides is 1. The predicted molar refractivity (Wildman–Crippen MR) is 92.1 cm³/mol. The Hall–Kier alpha value is -1.41. The summed E-state index contributed by atoms with van der Waals surface area (Å²) in [6.45, 7) is 0. The van der Waals surface area contributed by atoms with Crippen molar-refractivity contribution in [2.24, 2.45) is 0 Å². The number of rotatable bonds is 4. The molecule has 2 aromatic carbocycles. The highest BCUT2D eigenvalue weighted by atomic mass is 127. The minimum atomic E-state index is -3.06. The van der Waals surface area contributed by atoms with Gasteiger partial charge in [0, 0.05) is 21.1 Å². The fraction of sp³-hybridized carbons (Fsp3) is 0.133. The molecular formula is C15H14INO3S. The zero-order valence-electron chi connectivity index (χ0n) is 11.3. The van der Waals surface area contributed by atoms with Crippen LogP contribution in [0.2, 0.25) is 0 Å². The summed E-state index contributed by atoms with van der Waals surface area (Å²) in [5, 5.41) is 2.80. The second-order valence-electron chi connectivity index (χ2n) is 4.73. The number of sulfone groups is 1. The van der Waals surface area contributed by atoms with Crippen molar-refractivity contribution in [3.63, 3.8) is 0 Å². The molecular weight excluding hydrogens is 401 g/mol. The van der Waals surface area contributed by atoms with Gasteiger partial charge in [0.15, 0.2) is 9.84 Å². The van der Waals surface area contributed by atoms with Gasteiger partial charge in [0.1, 0.15) is 0 Å². The minimum Gasteiger partial charge on any atom is -0.322 e. The molecule has 21 heavy (non-hydrogen) atoms. The van der Waals surface area contributed by atoms with Crippen LogP contribution in [0.25, 0.3) is 0 Å². The molecule has 0 spiro atoms. The van der Waals surface area contributed by atoms with E-state index in [0.29, 0.717) is 11.1 Å². The summed E-state index contributed by atoms with van der Waals surface area (Å²) in [5.41, 5.74) is 1.89. The first-order valence-corrected chi connectivity index (χ1v) is 9.31. The molecule has 2 aromatic rings. The Balaban J connectivity index is 2.10. The lowest BCUT2D eigenvalue weighted by Gasteiger charge is -2.06. The molecule has 0 aliphatic rings. The number of nitrogens with one attached hydrogen (secondary N) is 1.